The summed E-state index contributed by atoms with van der Waals surface area (Å²) < 4.78 is 34.9. The highest BCUT2D eigenvalue weighted by atomic mass is 35.5. The third-order valence-electron chi connectivity index (χ3n) is 4.15. The molecular formula is C16H20ClN3O3S. The van der Waals surface area contributed by atoms with Gasteiger partial charge in [0.1, 0.15) is 4.90 Å². The maximum absolute atomic E-state index is 13.0. The molecule has 1 aliphatic heterocycles. The van der Waals surface area contributed by atoms with Crippen LogP contribution in [0.2, 0.25) is 5.02 Å². The van der Waals surface area contributed by atoms with E-state index in [2.05, 4.69) is 5.10 Å². The maximum atomic E-state index is 13.0. The van der Waals surface area contributed by atoms with Crippen molar-refractivity contribution in [2.45, 2.75) is 31.4 Å². The molecule has 1 atom stereocenters. The lowest BCUT2D eigenvalue weighted by molar-refractivity contribution is -0.00260. The second-order valence-corrected chi connectivity index (χ2v) is 8.02. The average Bonchev–Trinajstić information content (AvgIpc) is 3.06. The van der Waals surface area contributed by atoms with Crippen molar-refractivity contribution in [3.05, 3.63) is 46.7 Å². The zero-order chi connectivity index (χ0) is 17.3. The van der Waals surface area contributed by atoms with Crippen LogP contribution in [-0.2, 0) is 21.3 Å². The van der Waals surface area contributed by atoms with Gasteiger partial charge in [-0.2, -0.15) is 9.40 Å². The topological polar surface area (TPSA) is 64.4 Å². The Kier molecular flexibility index (Phi) is 4.96. The summed E-state index contributed by atoms with van der Waals surface area (Å²) >= 11 is 6.22. The van der Waals surface area contributed by atoms with E-state index in [-0.39, 0.29) is 22.6 Å². The van der Waals surface area contributed by atoms with E-state index in [1.165, 1.54) is 4.31 Å². The first-order valence-corrected chi connectivity index (χ1v) is 9.64. The van der Waals surface area contributed by atoms with Crippen LogP contribution in [0.25, 0.3) is 0 Å². The molecule has 0 radical (unpaired) electrons. The molecule has 1 aromatic carbocycles. The van der Waals surface area contributed by atoms with E-state index in [0.29, 0.717) is 13.2 Å². The van der Waals surface area contributed by atoms with Gasteiger partial charge in [-0.3, -0.25) is 4.68 Å². The number of aromatic nitrogens is 2. The van der Waals surface area contributed by atoms with Gasteiger partial charge in [-0.25, -0.2) is 8.42 Å². The smallest absolute Gasteiger partial charge is 0.244 e. The van der Waals surface area contributed by atoms with Gasteiger partial charge in [0.05, 0.1) is 23.9 Å². The molecule has 3 rings (SSSR count). The summed E-state index contributed by atoms with van der Waals surface area (Å²) in [5.41, 5.74) is 1.62. The molecule has 1 fully saturated rings. The number of morpholine rings is 1. The van der Waals surface area contributed by atoms with E-state index in [1.807, 2.05) is 13.1 Å². The van der Waals surface area contributed by atoms with Gasteiger partial charge >= 0.3 is 0 Å². The number of ether oxygens (including phenoxy) is 1. The second-order valence-electron chi connectivity index (χ2n) is 5.74. The number of hydrogen-bond donors (Lipinski definition) is 0. The van der Waals surface area contributed by atoms with Crippen LogP contribution in [0.5, 0.6) is 0 Å². The van der Waals surface area contributed by atoms with Gasteiger partial charge in [-0.05, 0) is 25.5 Å². The molecule has 0 aliphatic carbocycles. The van der Waals surface area contributed by atoms with Crippen molar-refractivity contribution < 1.29 is 13.2 Å². The van der Waals surface area contributed by atoms with E-state index in [1.54, 1.807) is 36.0 Å². The van der Waals surface area contributed by atoms with Crippen molar-refractivity contribution in [1.29, 1.82) is 0 Å². The zero-order valence-electron chi connectivity index (χ0n) is 13.6. The van der Waals surface area contributed by atoms with Gasteiger partial charge in [0.25, 0.3) is 0 Å². The molecule has 0 N–H and O–H groups in total. The van der Waals surface area contributed by atoms with Gasteiger partial charge in [-0.15, -0.1) is 0 Å². The Morgan fingerprint density at radius 3 is 2.92 bits per heavy atom. The number of hydrogen-bond acceptors (Lipinski definition) is 4. The third-order valence-corrected chi connectivity index (χ3v) is 6.67. The van der Waals surface area contributed by atoms with E-state index >= 15 is 0 Å². The lowest BCUT2D eigenvalue weighted by Gasteiger charge is -2.32. The molecule has 130 valence electrons. The molecule has 0 saturated carbocycles. The minimum Gasteiger partial charge on any atom is -0.371 e. The van der Waals surface area contributed by atoms with Gasteiger partial charge in [-0.1, -0.05) is 23.7 Å². The zero-order valence-corrected chi connectivity index (χ0v) is 15.2. The van der Waals surface area contributed by atoms with Crippen LogP contribution < -0.4 is 0 Å². The Labute approximate surface area is 147 Å². The lowest BCUT2D eigenvalue weighted by atomic mass is 10.2. The summed E-state index contributed by atoms with van der Waals surface area (Å²) in [6.45, 7) is 5.45. The second kappa shape index (κ2) is 6.84. The highest BCUT2D eigenvalue weighted by Gasteiger charge is 2.33. The van der Waals surface area contributed by atoms with Gasteiger partial charge in [0.2, 0.25) is 10.0 Å². The monoisotopic (exact) mass is 369 g/mol. The SMILES string of the molecule is CCn1cc([C@@H]2CN(S(=O)(=O)c3cccc(C)c3Cl)CCO2)cn1. The van der Waals surface area contributed by atoms with Crippen LogP contribution in [0.3, 0.4) is 0 Å². The van der Waals surface area contributed by atoms with Crippen LogP contribution >= 0.6 is 11.6 Å². The number of nitrogens with zero attached hydrogens (tertiary/aromatic N) is 3. The summed E-state index contributed by atoms with van der Waals surface area (Å²) in [5.74, 6) is 0. The molecule has 0 spiro atoms. The van der Waals surface area contributed by atoms with Crippen LogP contribution in [0.1, 0.15) is 24.2 Å². The van der Waals surface area contributed by atoms with Crippen LogP contribution in [0.15, 0.2) is 35.5 Å². The van der Waals surface area contributed by atoms with Crippen LogP contribution in [0, 0.1) is 6.92 Å². The van der Waals surface area contributed by atoms with Crippen molar-refractivity contribution in [2.24, 2.45) is 0 Å². The largest absolute Gasteiger partial charge is 0.371 e. The molecule has 2 heterocycles. The molecule has 6 nitrogen and oxygen atoms in total. The molecule has 24 heavy (non-hydrogen) atoms. The number of sulfonamides is 1. The molecule has 1 saturated heterocycles. The third kappa shape index (κ3) is 3.21. The molecule has 8 heteroatoms. The van der Waals surface area contributed by atoms with E-state index < -0.39 is 10.0 Å². The first kappa shape index (κ1) is 17.4. The molecule has 2 aromatic rings. The molecule has 1 aromatic heterocycles. The predicted molar refractivity (Wildman–Crippen MR) is 91.5 cm³/mol. The van der Waals surface area contributed by atoms with Crippen molar-refractivity contribution in [1.82, 2.24) is 14.1 Å². The van der Waals surface area contributed by atoms with Crippen molar-refractivity contribution in [2.75, 3.05) is 19.7 Å². The van der Waals surface area contributed by atoms with Crippen molar-refractivity contribution >= 4 is 21.6 Å². The fraction of sp³-hybridized carbons (Fsp3) is 0.438. The molecule has 0 amide bonds. The summed E-state index contributed by atoms with van der Waals surface area (Å²) in [6, 6.07) is 5.05. The Bertz CT molecular complexity index is 835. The summed E-state index contributed by atoms with van der Waals surface area (Å²) in [4.78, 5) is 0.147. The number of aryl methyl sites for hydroxylation is 2. The fourth-order valence-corrected chi connectivity index (χ4v) is 4.70. The van der Waals surface area contributed by atoms with Gasteiger partial charge < -0.3 is 4.74 Å². The van der Waals surface area contributed by atoms with Gasteiger partial charge in [0.15, 0.2) is 0 Å². The van der Waals surface area contributed by atoms with E-state index in [9.17, 15) is 8.42 Å². The number of benzene rings is 1. The highest BCUT2D eigenvalue weighted by molar-refractivity contribution is 7.89. The molecule has 1 aliphatic rings. The molecule has 0 unspecified atom stereocenters. The fourth-order valence-electron chi connectivity index (χ4n) is 2.72. The van der Waals surface area contributed by atoms with E-state index in [0.717, 1.165) is 17.7 Å². The minimum absolute atomic E-state index is 0.147. The highest BCUT2D eigenvalue weighted by Crippen LogP contribution is 2.31. The number of halogens is 1. The Hall–Kier alpha value is -1.41. The standard InChI is InChI=1S/C16H20ClN3O3S/c1-3-19-10-13(9-18-19)14-11-20(7-8-23-14)24(21,22)15-6-4-5-12(2)16(15)17/h4-6,9-10,14H,3,7-8,11H2,1-2H3/t14-/m0/s1. The summed E-state index contributed by atoms with van der Waals surface area (Å²) in [7, 11) is -3.66. The van der Waals surface area contributed by atoms with E-state index in [4.69, 9.17) is 16.3 Å². The quantitative estimate of drug-likeness (QED) is 0.831. The molecule has 0 bridgehead atoms. The Morgan fingerprint density at radius 2 is 2.21 bits per heavy atom. The van der Waals surface area contributed by atoms with Crippen molar-refractivity contribution in [3.8, 4) is 0 Å². The summed E-state index contributed by atoms with van der Waals surface area (Å²) in [5, 5.41) is 4.51. The van der Waals surface area contributed by atoms with Gasteiger partial charge in [0, 0.05) is 31.4 Å². The summed E-state index contributed by atoms with van der Waals surface area (Å²) in [6.07, 6.45) is 3.29. The minimum atomic E-state index is -3.66. The van der Waals surface area contributed by atoms with Crippen molar-refractivity contribution in [3.63, 3.8) is 0 Å². The Balaban J connectivity index is 1.87. The number of rotatable bonds is 4. The Morgan fingerprint density at radius 1 is 1.42 bits per heavy atom. The predicted octanol–water partition coefficient (Wildman–Crippen LogP) is 2.63. The maximum Gasteiger partial charge on any atom is 0.244 e. The average molecular weight is 370 g/mol. The normalized spacial score (nSPS) is 19.5. The van der Waals surface area contributed by atoms with Crippen LogP contribution in [0.4, 0.5) is 0 Å². The first-order valence-electron chi connectivity index (χ1n) is 7.82. The van der Waals surface area contributed by atoms with Crippen LogP contribution in [-0.4, -0.2) is 42.2 Å². The molecular weight excluding hydrogens is 350 g/mol. The first-order chi connectivity index (χ1) is 11.4. The lowest BCUT2D eigenvalue weighted by Crippen LogP contribution is -2.42.